The van der Waals surface area contributed by atoms with Crippen LogP contribution in [-0.4, -0.2) is 30.0 Å². The van der Waals surface area contributed by atoms with E-state index in [1.165, 1.54) is 25.7 Å². The highest BCUT2D eigenvalue weighted by molar-refractivity contribution is 14.0. The second-order valence-electron chi connectivity index (χ2n) is 5.28. The van der Waals surface area contributed by atoms with Gasteiger partial charge in [-0.1, -0.05) is 13.8 Å². The lowest BCUT2D eigenvalue weighted by molar-refractivity contribution is 0.259. The van der Waals surface area contributed by atoms with E-state index in [-0.39, 0.29) is 24.0 Å². The van der Waals surface area contributed by atoms with Gasteiger partial charge in [-0.25, -0.2) is 4.99 Å². The van der Waals surface area contributed by atoms with Crippen LogP contribution in [0.1, 0.15) is 39.5 Å². The van der Waals surface area contributed by atoms with Crippen molar-refractivity contribution in [3.8, 4) is 0 Å². The Morgan fingerprint density at radius 2 is 1.75 bits per heavy atom. The molecule has 2 unspecified atom stereocenters. The molecule has 2 fully saturated rings. The number of rotatable bonds is 1. The number of halogens is 1. The minimum absolute atomic E-state index is 0. The van der Waals surface area contributed by atoms with Crippen molar-refractivity contribution in [3.05, 3.63) is 0 Å². The lowest BCUT2D eigenvalue weighted by Gasteiger charge is -2.35. The highest BCUT2D eigenvalue weighted by atomic mass is 127. The Labute approximate surface area is 116 Å². The molecule has 94 valence electrons. The van der Waals surface area contributed by atoms with Gasteiger partial charge in [-0.15, -0.1) is 24.0 Å². The van der Waals surface area contributed by atoms with Crippen LogP contribution in [-0.2, 0) is 0 Å². The van der Waals surface area contributed by atoms with Gasteiger partial charge in [0.25, 0.3) is 0 Å². The van der Waals surface area contributed by atoms with Crippen LogP contribution in [0.4, 0.5) is 0 Å². The van der Waals surface area contributed by atoms with E-state index in [2.05, 4.69) is 23.7 Å². The molecule has 4 heteroatoms. The van der Waals surface area contributed by atoms with Crippen molar-refractivity contribution in [2.45, 2.75) is 45.6 Å². The molecule has 3 nitrogen and oxygen atoms in total. The van der Waals surface area contributed by atoms with Crippen molar-refractivity contribution in [1.82, 2.24) is 4.90 Å². The van der Waals surface area contributed by atoms with Gasteiger partial charge >= 0.3 is 0 Å². The van der Waals surface area contributed by atoms with Gasteiger partial charge in [0.2, 0.25) is 0 Å². The quantitative estimate of drug-likeness (QED) is 0.454. The number of piperidine rings is 1. The van der Waals surface area contributed by atoms with E-state index in [4.69, 9.17) is 5.73 Å². The first-order valence-electron chi connectivity index (χ1n) is 6.25. The first-order chi connectivity index (χ1) is 7.16. The zero-order valence-corrected chi connectivity index (χ0v) is 12.7. The number of hydrogen-bond donors (Lipinski definition) is 1. The molecular formula is C12H24IN3. The zero-order valence-electron chi connectivity index (χ0n) is 10.4. The van der Waals surface area contributed by atoms with Crippen molar-refractivity contribution in [2.24, 2.45) is 22.6 Å². The molecule has 0 aromatic rings. The van der Waals surface area contributed by atoms with Crippen LogP contribution in [0.2, 0.25) is 0 Å². The fraction of sp³-hybridized carbons (Fsp3) is 0.917. The van der Waals surface area contributed by atoms with E-state index in [9.17, 15) is 0 Å². The second kappa shape index (κ2) is 6.07. The van der Waals surface area contributed by atoms with E-state index in [0.717, 1.165) is 30.9 Å². The average molecular weight is 337 g/mol. The first kappa shape index (κ1) is 14.1. The molecule has 2 aliphatic rings. The van der Waals surface area contributed by atoms with Crippen molar-refractivity contribution < 1.29 is 0 Å². The van der Waals surface area contributed by atoms with E-state index in [1.54, 1.807) is 0 Å². The third-order valence-electron chi connectivity index (χ3n) is 3.98. The smallest absolute Gasteiger partial charge is 0.191 e. The molecule has 1 saturated carbocycles. The lowest BCUT2D eigenvalue weighted by Crippen LogP contribution is -2.44. The monoisotopic (exact) mass is 337 g/mol. The summed E-state index contributed by atoms with van der Waals surface area (Å²) in [6.07, 6.45) is 5.07. The van der Waals surface area contributed by atoms with Gasteiger partial charge in [0.05, 0.1) is 6.04 Å². The number of likely N-dealkylation sites (tertiary alicyclic amines) is 1. The summed E-state index contributed by atoms with van der Waals surface area (Å²) in [5.74, 6) is 2.39. The number of aliphatic imine (C=N–C) groups is 1. The normalized spacial score (nSPS) is 31.9. The van der Waals surface area contributed by atoms with Gasteiger partial charge < -0.3 is 10.6 Å². The van der Waals surface area contributed by atoms with Crippen LogP contribution in [0.3, 0.4) is 0 Å². The third-order valence-corrected chi connectivity index (χ3v) is 3.98. The molecule has 1 aliphatic heterocycles. The summed E-state index contributed by atoms with van der Waals surface area (Å²) in [6, 6.07) is 0.504. The van der Waals surface area contributed by atoms with Crippen LogP contribution in [0, 0.1) is 11.8 Å². The molecule has 2 atom stereocenters. The molecule has 1 heterocycles. The van der Waals surface area contributed by atoms with Gasteiger partial charge in [-0.05, 0) is 37.5 Å². The first-order valence-corrected chi connectivity index (χ1v) is 6.25. The molecular weight excluding hydrogens is 313 g/mol. The zero-order chi connectivity index (χ0) is 10.8. The molecule has 0 radical (unpaired) electrons. The van der Waals surface area contributed by atoms with E-state index in [0.29, 0.717) is 6.04 Å². The third kappa shape index (κ3) is 3.25. The number of hydrogen-bond acceptors (Lipinski definition) is 1. The molecule has 16 heavy (non-hydrogen) atoms. The second-order valence-corrected chi connectivity index (χ2v) is 5.28. The average Bonchev–Trinajstić information content (AvgIpc) is 2.24. The fourth-order valence-corrected chi connectivity index (χ4v) is 2.33. The summed E-state index contributed by atoms with van der Waals surface area (Å²) in [6.45, 7) is 6.77. The molecule has 2 rings (SSSR count). The summed E-state index contributed by atoms with van der Waals surface area (Å²) in [4.78, 5) is 6.89. The largest absolute Gasteiger partial charge is 0.370 e. The summed E-state index contributed by atoms with van der Waals surface area (Å²) in [5.41, 5.74) is 6.04. The van der Waals surface area contributed by atoms with E-state index in [1.807, 2.05) is 0 Å². The van der Waals surface area contributed by atoms with Gasteiger partial charge in [0, 0.05) is 13.1 Å². The summed E-state index contributed by atoms with van der Waals surface area (Å²) >= 11 is 0. The fourth-order valence-electron chi connectivity index (χ4n) is 2.33. The van der Waals surface area contributed by atoms with Crippen molar-refractivity contribution in [1.29, 1.82) is 0 Å². The molecule has 2 N–H and O–H groups in total. The van der Waals surface area contributed by atoms with Gasteiger partial charge in [0.1, 0.15) is 0 Å². The summed E-state index contributed by atoms with van der Waals surface area (Å²) in [7, 11) is 0. The highest BCUT2D eigenvalue weighted by Gasteiger charge is 2.27. The van der Waals surface area contributed by atoms with E-state index < -0.39 is 0 Å². The molecule has 1 aliphatic carbocycles. The van der Waals surface area contributed by atoms with Crippen LogP contribution in [0.5, 0.6) is 0 Å². The Bertz CT molecular complexity index is 247. The van der Waals surface area contributed by atoms with Crippen LogP contribution in [0.25, 0.3) is 0 Å². The minimum Gasteiger partial charge on any atom is -0.370 e. The maximum atomic E-state index is 6.04. The van der Waals surface area contributed by atoms with Gasteiger partial charge in [0.15, 0.2) is 5.96 Å². The standard InChI is InChI=1S/C12H23N3.HI/c1-9-5-7-15(8-6-9)12(13)14-11-4-3-10(11)2;/h9-11H,3-8H2,1-2H3,(H2,13,14);1H. The number of guanidine groups is 1. The molecule has 0 aromatic carbocycles. The van der Waals surface area contributed by atoms with Crippen LogP contribution < -0.4 is 5.73 Å². The summed E-state index contributed by atoms with van der Waals surface area (Å²) in [5, 5.41) is 0. The highest BCUT2D eigenvalue weighted by Crippen LogP contribution is 2.29. The maximum absolute atomic E-state index is 6.04. The molecule has 1 saturated heterocycles. The number of nitrogens with two attached hydrogens (primary N) is 1. The predicted octanol–water partition coefficient (Wildman–Crippen LogP) is 2.45. The Balaban J connectivity index is 0.00000128. The molecule has 0 amide bonds. The van der Waals surface area contributed by atoms with Gasteiger partial charge in [-0.3, -0.25) is 0 Å². The molecule has 0 bridgehead atoms. The Hall–Kier alpha value is 0. The SMILES string of the molecule is CC1CCN(C(N)=NC2CCC2C)CC1.I. The minimum atomic E-state index is 0. The Kier molecular flexibility index (Phi) is 5.34. The maximum Gasteiger partial charge on any atom is 0.191 e. The molecule has 0 aromatic heterocycles. The number of nitrogens with zero attached hydrogens (tertiary/aromatic N) is 2. The van der Waals surface area contributed by atoms with Crippen molar-refractivity contribution in [2.75, 3.05) is 13.1 Å². The van der Waals surface area contributed by atoms with E-state index >= 15 is 0 Å². The van der Waals surface area contributed by atoms with Crippen molar-refractivity contribution >= 4 is 29.9 Å². The summed E-state index contributed by atoms with van der Waals surface area (Å²) < 4.78 is 0. The topological polar surface area (TPSA) is 41.6 Å². The molecule has 0 spiro atoms. The predicted molar refractivity (Wildman–Crippen MR) is 79.2 cm³/mol. The van der Waals surface area contributed by atoms with Crippen LogP contribution in [0.15, 0.2) is 4.99 Å². The van der Waals surface area contributed by atoms with Crippen molar-refractivity contribution in [3.63, 3.8) is 0 Å². The van der Waals surface area contributed by atoms with Crippen LogP contribution >= 0.6 is 24.0 Å². The Morgan fingerprint density at radius 1 is 1.12 bits per heavy atom. The van der Waals surface area contributed by atoms with Gasteiger partial charge in [-0.2, -0.15) is 0 Å². The Morgan fingerprint density at radius 3 is 2.19 bits per heavy atom. The lowest BCUT2D eigenvalue weighted by atomic mass is 9.82.